The van der Waals surface area contributed by atoms with Crippen LogP contribution in [0.1, 0.15) is 26.7 Å². The highest BCUT2D eigenvalue weighted by atomic mass is 33.3. The molecule has 0 saturated heterocycles. The molecule has 0 aliphatic rings. The summed E-state index contributed by atoms with van der Waals surface area (Å²) in [5.41, 5.74) is 0. The van der Waals surface area contributed by atoms with Crippen LogP contribution < -0.4 is 0 Å². The van der Waals surface area contributed by atoms with Gasteiger partial charge < -0.3 is 4.57 Å². The first kappa shape index (κ1) is 14.2. The highest BCUT2D eigenvalue weighted by Gasteiger charge is 2.21. The van der Waals surface area contributed by atoms with Gasteiger partial charge in [-0.25, -0.2) is 0 Å². The molecule has 0 aliphatic carbocycles. The summed E-state index contributed by atoms with van der Waals surface area (Å²) in [4.78, 5) is 1.19. The minimum absolute atomic E-state index is 0.866. The van der Waals surface area contributed by atoms with Crippen molar-refractivity contribution < 1.29 is 4.57 Å². The lowest BCUT2D eigenvalue weighted by molar-refractivity contribution is 0.583. The number of hydrogen-bond acceptors (Lipinski definition) is 3. The molecule has 0 fully saturated rings. The van der Waals surface area contributed by atoms with Crippen molar-refractivity contribution >= 4 is 27.6 Å². The molecular formula is C12H19OPS2. The first-order valence-corrected chi connectivity index (χ1v) is 10.5. The van der Waals surface area contributed by atoms with Crippen LogP contribution in [0.2, 0.25) is 0 Å². The van der Waals surface area contributed by atoms with Gasteiger partial charge in [-0.1, -0.05) is 42.8 Å². The lowest BCUT2D eigenvalue weighted by Gasteiger charge is -2.14. The quantitative estimate of drug-likeness (QED) is 0.481. The van der Waals surface area contributed by atoms with Gasteiger partial charge in [0.1, 0.15) is 6.34 Å². The third kappa shape index (κ3) is 4.99. The van der Waals surface area contributed by atoms with Gasteiger partial charge in [0.25, 0.3) is 0 Å². The average molecular weight is 274 g/mol. The van der Waals surface area contributed by atoms with Gasteiger partial charge in [-0.05, 0) is 35.4 Å². The van der Waals surface area contributed by atoms with E-state index in [0.29, 0.717) is 0 Å². The van der Waals surface area contributed by atoms with Gasteiger partial charge in [-0.15, -0.1) is 0 Å². The molecule has 0 atom stereocenters. The molecule has 1 aromatic rings. The van der Waals surface area contributed by atoms with E-state index >= 15 is 0 Å². The summed E-state index contributed by atoms with van der Waals surface area (Å²) < 4.78 is 12.5. The second-order valence-electron chi connectivity index (χ2n) is 3.73. The molecule has 0 radical (unpaired) electrons. The summed E-state index contributed by atoms with van der Waals surface area (Å²) in [5, 5.41) is 0. The van der Waals surface area contributed by atoms with E-state index in [1.165, 1.54) is 4.90 Å². The second kappa shape index (κ2) is 7.47. The molecule has 0 heterocycles. The zero-order valence-corrected chi connectivity index (χ0v) is 12.4. The highest BCUT2D eigenvalue weighted by molar-refractivity contribution is 8.99. The van der Waals surface area contributed by atoms with Crippen LogP contribution in [0.3, 0.4) is 0 Å². The van der Waals surface area contributed by atoms with E-state index in [1.54, 1.807) is 21.2 Å². The predicted octanol–water partition coefficient (Wildman–Crippen LogP) is 5.53. The van der Waals surface area contributed by atoms with Crippen molar-refractivity contribution in [3.8, 4) is 0 Å². The number of benzene rings is 1. The Kier molecular flexibility index (Phi) is 6.64. The maximum atomic E-state index is 12.5. The predicted molar refractivity (Wildman–Crippen MR) is 77.8 cm³/mol. The van der Waals surface area contributed by atoms with Crippen molar-refractivity contribution in [1.29, 1.82) is 0 Å². The molecule has 1 rings (SSSR count). The zero-order valence-electron chi connectivity index (χ0n) is 9.89. The Balaban J connectivity index is 2.53. The van der Waals surface area contributed by atoms with Crippen molar-refractivity contribution in [3.05, 3.63) is 30.3 Å². The van der Waals surface area contributed by atoms with Crippen molar-refractivity contribution in [2.24, 2.45) is 0 Å². The van der Waals surface area contributed by atoms with E-state index in [1.807, 2.05) is 18.2 Å². The molecule has 0 bridgehead atoms. The van der Waals surface area contributed by atoms with E-state index in [9.17, 15) is 4.57 Å². The van der Waals surface area contributed by atoms with Gasteiger partial charge in [0.2, 0.25) is 0 Å². The fourth-order valence-electron chi connectivity index (χ4n) is 1.45. The fraction of sp³-hybridized carbons (Fsp3) is 0.500. The summed E-state index contributed by atoms with van der Waals surface area (Å²) in [6.45, 7) is 4.21. The average Bonchev–Trinajstić information content (AvgIpc) is 2.29. The van der Waals surface area contributed by atoms with Crippen LogP contribution in [-0.2, 0) is 4.57 Å². The molecule has 0 amide bonds. The Morgan fingerprint density at radius 1 is 1.06 bits per heavy atom. The molecule has 90 valence electrons. The Bertz CT molecular complexity index is 330. The fourth-order valence-corrected chi connectivity index (χ4v) is 9.56. The minimum Gasteiger partial charge on any atom is -0.311 e. The molecule has 1 aromatic carbocycles. The summed E-state index contributed by atoms with van der Waals surface area (Å²) in [5.74, 6) is 0. The Morgan fingerprint density at radius 2 is 1.62 bits per heavy atom. The largest absolute Gasteiger partial charge is 0.311 e. The van der Waals surface area contributed by atoms with E-state index in [-0.39, 0.29) is 0 Å². The highest BCUT2D eigenvalue weighted by Crippen LogP contribution is 2.65. The molecule has 0 N–H and O–H groups in total. The summed E-state index contributed by atoms with van der Waals surface area (Å²) in [7, 11) is 3.26. The van der Waals surface area contributed by atoms with Crippen molar-refractivity contribution in [3.63, 3.8) is 0 Å². The molecule has 0 aliphatic heterocycles. The molecule has 0 spiro atoms. The van der Waals surface area contributed by atoms with Gasteiger partial charge >= 0.3 is 0 Å². The molecule has 16 heavy (non-hydrogen) atoms. The van der Waals surface area contributed by atoms with Crippen LogP contribution >= 0.6 is 27.6 Å². The first-order valence-electron chi connectivity index (χ1n) is 5.69. The maximum Gasteiger partial charge on any atom is 0.149 e. The van der Waals surface area contributed by atoms with Gasteiger partial charge in [-0.3, -0.25) is 0 Å². The molecule has 1 nitrogen and oxygen atoms in total. The van der Waals surface area contributed by atoms with Gasteiger partial charge in [0.05, 0.1) is 0 Å². The smallest absolute Gasteiger partial charge is 0.149 e. The van der Waals surface area contributed by atoms with Crippen LogP contribution in [0.15, 0.2) is 35.2 Å². The summed E-state index contributed by atoms with van der Waals surface area (Å²) in [6, 6.07) is 10.2. The molecule has 0 unspecified atom stereocenters. The van der Waals surface area contributed by atoms with Crippen LogP contribution in [0.5, 0.6) is 0 Å². The third-order valence-corrected chi connectivity index (χ3v) is 11.0. The first-order chi connectivity index (χ1) is 7.70. The number of rotatable bonds is 7. The molecular weight excluding hydrogens is 255 g/mol. The second-order valence-corrected chi connectivity index (χ2v) is 11.3. The van der Waals surface area contributed by atoms with E-state index in [4.69, 9.17) is 0 Å². The Labute approximate surface area is 106 Å². The van der Waals surface area contributed by atoms with E-state index < -0.39 is 6.34 Å². The van der Waals surface area contributed by atoms with Crippen LogP contribution in [-0.4, -0.2) is 12.3 Å². The normalized spacial score (nSPS) is 11.6. The van der Waals surface area contributed by atoms with Gasteiger partial charge in [0.15, 0.2) is 0 Å². The maximum absolute atomic E-state index is 12.5. The van der Waals surface area contributed by atoms with Crippen molar-refractivity contribution in [2.45, 2.75) is 31.6 Å². The standard InChI is InChI=1S/C12H19OPS2/c1-3-10-14(13,11-4-2)16-15-12-8-6-5-7-9-12/h5-9H,3-4,10-11H2,1-2H3. The lowest BCUT2D eigenvalue weighted by atomic mass is 10.4. The molecule has 0 saturated carbocycles. The zero-order chi connectivity index (χ0) is 11.9. The van der Waals surface area contributed by atoms with Gasteiger partial charge in [-0.2, -0.15) is 0 Å². The van der Waals surface area contributed by atoms with Crippen molar-refractivity contribution in [2.75, 3.05) is 12.3 Å². The summed E-state index contributed by atoms with van der Waals surface area (Å²) >= 11 is 0. The SMILES string of the molecule is CCCP(=O)(CCC)SSc1ccccc1. The monoisotopic (exact) mass is 274 g/mol. The minimum atomic E-state index is -2.01. The molecule has 0 aromatic heterocycles. The third-order valence-electron chi connectivity index (χ3n) is 2.14. The number of hydrogen-bond donors (Lipinski definition) is 0. The van der Waals surface area contributed by atoms with Gasteiger partial charge in [0, 0.05) is 17.2 Å². The van der Waals surface area contributed by atoms with Crippen LogP contribution in [0.25, 0.3) is 0 Å². The van der Waals surface area contributed by atoms with Crippen LogP contribution in [0, 0.1) is 0 Å². The van der Waals surface area contributed by atoms with Crippen LogP contribution in [0.4, 0.5) is 0 Å². The van der Waals surface area contributed by atoms with E-state index in [0.717, 1.165) is 25.2 Å². The van der Waals surface area contributed by atoms with E-state index in [2.05, 4.69) is 26.0 Å². The topological polar surface area (TPSA) is 17.1 Å². The lowest BCUT2D eigenvalue weighted by Crippen LogP contribution is -1.88. The Morgan fingerprint density at radius 3 is 2.12 bits per heavy atom. The Hall–Kier alpha value is 0.150. The summed E-state index contributed by atoms with van der Waals surface area (Å²) in [6.07, 6.45) is 1.75. The van der Waals surface area contributed by atoms with Crippen molar-refractivity contribution in [1.82, 2.24) is 0 Å². The molecule has 4 heteroatoms.